The molecule has 0 bridgehead atoms. The maximum atomic E-state index is 9.44. The van der Waals surface area contributed by atoms with Gasteiger partial charge in [0.15, 0.2) is 0 Å². The van der Waals surface area contributed by atoms with Crippen LogP contribution < -0.4 is 15.8 Å². The number of aliphatic hydroxyl groups is 1. The Labute approximate surface area is 157 Å². The van der Waals surface area contributed by atoms with Crippen LogP contribution in [-0.2, 0) is 6.61 Å². The van der Waals surface area contributed by atoms with Gasteiger partial charge in [0.1, 0.15) is 17.1 Å². The SMILES string of the molecule is Nc1cc(OC2CCC(Nc3ncccc3CO)CC2)c2nccnc2c1. The number of ether oxygens (including phenoxy) is 1. The summed E-state index contributed by atoms with van der Waals surface area (Å²) in [6, 6.07) is 7.67. The van der Waals surface area contributed by atoms with Crippen molar-refractivity contribution in [3.63, 3.8) is 0 Å². The molecule has 4 rings (SSSR count). The molecule has 4 N–H and O–H groups in total. The summed E-state index contributed by atoms with van der Waals surface area (Å²) >= 11 is 0. The molecule has 2 aromatic heterocycles. The molecule has 0 amide bonds. The summed E-state index contributed by atoms with van der Waals surface area (Å²) in [6.45, 7) is -0.0157. The van der Waals surface area contributed by atoms with Crippen molar-refractivity contribution in [1.29, 1.82) is 0 Å². The Morgan fingerprint density at radius 3 is 2.70 bits per heavy atom. The van der Waals surface area contributed by atoms with Crippen molar-refractivity contribution in [3.8, 4) is 5.75 Å². The van der Waals surface area contributed by atoms with Crippen molar-refractivity contribution in [2.75, 3.05) is 11.1 Å². The molecular weight excluding hydrogens is 342 g/mol. The van der Waals surface area contributed by atoms with Crippen LogP contribution in [-0.4, -0.2) is 32.2 Å². The second-order valence-electron chi connectivity index (χ2n) is 6.85. The third-order valence-corrected chi connectivity index (χ3v) is 4.93. The minimum Gasteiger partial charge on any atom is -0.488 e. The second kappa shape index (κ2) is 7.75. The molecule has 7 nitrogen and oxygen atoms in total. The highest BCUT2D eigenvalue weighted by atomic mass is 16.5. The number of aromatic nitrogens is 3. The third kappa shape index (κ3) is 3.93. The van der Waals surface area contributed by atoms with E-state index in [4.69, 9.17) is 10.5 Å². The number of benzene rings is 1. The lowest BCUT2D eigenvalue weighted by Crippen LogP contribution is -2.31. The van der Waals surface area contributed by atoms with E-state index in [0.29, 0.717) is 17.5 Å². The molecule has 1 aliphatic carbocycles. The van der Waals surface area contributed by atoms with Gasteiger partial charge in [-0.15, -0.1) is 0 Å². The van der Waals surface area contributed by atoms with Crippen molar-refractivity contribution in [3.05, 3.63) is 48.4 Å². The monoisotopic (exact) mass is 365 g/mol. The summed E-state index contributed by atoms with van der Waals surface area (Å²) in [5.41, 5.74) is 8.91. The zero-order chi connectivity index (χ0) is 18.6. The third-order valence-electron chi connectivity index (χ3n) is 4.93. The van der Waals surface area contributed by atoms with Gasteiger partial charge < -0.3 is 20.9 Å². The van der Waals surface area contributed by atoms with E-state index in [1.807, 2.05) is 24.3 Å². The molecule has 0 spiro atoms. The van der Waals surface area contributed by atoms with Gasteiger partial charge in [-0.3, -0.25) is 4.98 Å². The molecule has 0 saturated heterocycles. The van der Waals surface area contributed by atoms with Crippen LogP contribution in [0.5, 0.6) is 5.75 Å². The van der Waals surface area contributed by atoms with Crippen LogP contribution in [0.4, 0.5) is 11.5 Å². The molecule has 0 atom stereocenters. The standard InChI is InChI=1S/C20H23N5O2/c21-14-10-17-19(23-9-8-22-17)18(11-14)27-16-5-3-15(4-6-16)25-20-13(12-26)2-1-7-24-20/h1-2,7-11,15-16,26H,3-6,12,21H2,(H,24,25). The first-order valence-corrected chi connectivity index (χ1v) is 9.21. The average Bonchev–Trinajstić information content (AvgIpc) is 2.70. The minimum atomic E-state index is -0.0157. The number of anilines is 2. The van der Waals surface area contributed by atoms with Gasteiger partial charge in [-0.2, -0.15) is 0 Å². The molecule has 3 aromatic rings. The molecule has 140 valence electrons. The molecule has 0 aliphatic heterocycles. The van der Waals surface area contributed by atoms with Crippen LogP contribution in [0.15, 0.2) is 42.9 Å². The molecule has 1 aliphatic rings. The highest BCUT2D eigenvalue weighted by Crippen LogP contribution is 2.31. The van der Waals surface area contributed by atoms with Crippen molar-refractivity contribution in [2.45, 2.75) is 44.4 Å². The molecule has 0 unspecified atom stereocenters. The van der Waals surface area contributed by atoms with Gasteiger partial charge in [0.25, 0.3) is 0 Å². The van der Waals surface area contributed by atoms with Crippen LogP contribution in [0.2, 0.25) is 0 Å². The molecule has 27 heavy (non-hydrogen) atoms. The lowest BCUT2D eigenvalue weighted by molar-refractivity contribution is 0.152. The molecule has 0 radical (unpaired) electrons. The zero-order valence-electron chi connectivity index (χ0n) is 15.0. The van der Waals surface area contributed by atoms with Gasteiger partial charge in [0.2, 0.25) is 0 Å². The Kier molecular flexibility index (Phi) is 5.02. The molecule has 1 fully saturated rings. The Hall–Kier alpha value is -2.93. The van der Waals surface area contributed by atoms with Gasteiger partial charge >= 0.3 is 0 Å². The van der Waals surface area contributed by atoms with Gasteiger partial charge in [-0.1, -0.05) is 6.07 Å². The fourth-order valence-electron chi connectivity index (χ4n) is 3.55. The lowest BCUT2D eigenvalue weighted by Gasteiger charge is -2.30. The molecule has 2 heterocycles. The summed E-state index contributed by atoms with van der Waals surface area (Å²) in [5.74, 6) is 1.46. The van der Waals surface area contributed by atoms with Gasteiger partial charge in [-0.25, -0.2) is 9.97 Å². The van der Waals surface area contributed by atoms with E-state index >= 15 is 0 Å². The second-order valence-corrected chi connectivity index (χ2v) is 6.85. The number of hydrogen-bond donors (Lipinski definition) is 3. The zero-order valence-corrected chi connectivity index (χ0v) is 15.0. The highest BCUT2D eigenvalue weighted by Gasteiger charge is 2.24. The van der Waals surface area contributed by atoms with Crippen molar-refractivity contribution in [1.82, 2.24) is 15.0 Å². The molecule has 7 heteroatoms. The predicted octanol–water partition coefficient (Wildman–Crippen LogP) is 2.90. The summed E-state index contributed by atoms with van der Waals surface area (Å²) in [5, 5.41) is 12.9. The first-order valence-electron chi connectivity index (χ1n) is 9.21. The lowest BCUT2D eigenvalue weighted by atomic mass is 9.92. The van der Waals surface area contributed by atoms with Crippen molar-refractivity contribution >= 4 is 22.5 Å². The van der Waals surface area contributed by atoms with Gasteiger partial charge in [0.05, 0.1) is 18.2 Å². The van der Waals surface area contributed by atoms with E-state index in [9.17, 15) is 5.11 Å². The Morgan fingerprint density at radius 2 is 1.89 bits per heavy atom. The van der Waals surface area contributed by atoms with Crippen molar-refractivity contribution in [2.24, 2.45) is 0 Å². The van der Waals surface area contributed by atoms with Crippen LogP contribution in [0.25, 0.3) is 11.0 Å². The van der Waals surface area contributed by atoms with E-state index in [0.717, 1.165) is 48.1 Å². The minimum absolute atomic E-state index is 0.0157. The quantitative estimate of drug-likeness (QED) is 0.597. The highest BCUT2D eigenvalue weighted by molar-refractivity contribution is 5.84. The van der Waals surface area contributed by atoms with Crippen LogP contribution >= 0.6 is 0 Å². The summed E-state index contributed by atoms with van der Waals surface area (Å²) in [6.07, 6.45) is 8.97. The Morgan fingerprint density at radius 1 is 1.07 bits per heavy atom. The summed E-state index contributed by atoms with van der Waals surface area (Å²) < 4.78 is 6.23. The first-order chi connectivity index (χ1) is 13.2. The number of nitrogen functional groups attached to an aromatic ring is 1. The summed E-state index contributed by atoms with van der Waals surface area (Å²) in [7, 11) is 0. The van der Waals surface area contributed by atoms with E-state index in [1.165, 1.54) is 0 Å². The fourth-order valence-corrected chi connectivity index (χ4v) is 3.55. The van der Waals surface area contributed by atoms with Crippen LogP contribution in [0.1, 0.15) is 31.2 Å². The number of rotatable bonds is 5. The number of nitrogens with one attached hydrogen (secondary N) is 1. The van der Waals surface area contributed by atoms with E-state index in [2.05, 4.69) is 20.3 Å². The first kappa shape index (κ1) is 17.5. The fraction of sp³-hybridized carbons (Fsp3) is 0.350. The normalized spacial score (nSPS) is 19.7. The number of pyridine rings is 1. The number of nitrogens with zero attached hydrogens (tertiary/aromatic N) is 3. The Balaban J connectivity index is 1.40. The average molecular weight is 365 g/mol. The van der Waals surface area contributed by atoms with Gasteiger partial charge in [-0.05, 0) is 37.8 Å². The van der Waals surface area contributed by atoms with E-state index in [1.54, 1.807) is 18.6 Å². The van der Waals surface area contributed by atoms with Crippen LogP contribution in [0, 0.1) is 0 Å². The van der Waals surface area contributed by atoms with E-state index in [-0.39, 0.29) is 12.7 Å². The van der Waals surface area contributed by atoms with E-state index < -0.39 is 0 Å². The molecule has 1 saturated carbocycles. The maximum Gasteiger partial charge on any atom is 0.149 e. The van der Waals surface area contributed by atoms with Gasteiger partial charge in [0, 0.05) is 41.9 Å². The molecular formula is C20H23N5O2. The Bertz CT molecular complexity index is 925. The topological polar surface area (TPSA) is 106 Å². The maximum absolute atomic E-state index is 9.44. The molecule has 1 aromatic carbocycles. The largest absolute Gasteiger partial charge is 0.488 e. The summed E-state index contributed by atoms with van der Waals surface area (Å²) in [4.78, 5) is 13.0. The number of fused-ring (bicyclic) bond motifs is 1. The van der Waals surface area contributed by atoms with Crippen molar-refractivity contribution < 1.29 is 9.84 Å². The smallest absolute Gasteiger partial charge is 0.149 e. The number of hydrogen-bond acceptors (Lipinski definition) is 7. The number of nitrogens with two attached hydrogens (primary N) is 1. The van der Waals surface area contributed by atoms with Crippen LogP contribution in [0.3, 0.4) is 0 Å². The predicted molar refractivity (Wildman–Crippen MR) is 104 cm³/mol. The number of aliphatic hydroxyl groups excluding tert-OH is 1.